The summed E-state index contributed by atoms with van der Waals surface area (Å²) in [6.07, 6.45) is 2.64. The third-order valence-electron chi connectivity index (χ3n) is 5.85. The van der Waals surface area contributed by atoms with E-state index in [0.29, 0.717) is 54.4 Å². The number of benzene rings is 2. The van der Waals surface area contributed by atoms with Crippen LogP contribution in [0.1, 0.15) is 44.7 Å². The van der Waals surface area contributed by atoms with Crippen molar-refractivity contribution < 1.29 is 23.2 Å². The van der Waals surface area contributed by atoms with Gasteiger partial charge in [0.25, 0.3) is 5.89 Å². The van der Waals surface area contributed by atoms with E-state index in [1.807, 2.05) is 52.0 Å². The van der Waals surface area contributed by atoms with Gasteiger partial charge in [0.15, 0.2) is 0 Å². The van der Waals surface area contributed by atoms with E-state index in [0.717, 1.165) is 22.5 Å². The summed E-state index contributed by atoms with van der Waals surface area (Å²) in [5.74, 6) is 0.951. The molecule has 0 aliphatic rings. The average molecular weight is 533 g/mol. The quantitative estimate of drug-likeness (QED) is 0.180. The molecule has 2 heterocycles. The standard InChI is InChI=1S/C30H33FN4O4/c1-19-15-21(17-33-27(19)32-14-8-11-26(36)38-30(2,3)4)28-34-29(39-35-28)20-12-13-23(22(16-20)18-37-5)24-9-6-7-10-25(24)31/h6-7,9-10,12-13,15-17H,8,11,14,18H2,1-5H3,(H,32,33). The fourth-order valence-electron chi connectivity index (χ4n) is 4.12. The van der Waals surface area contributed by atoms with Crippen LogP contribution in [-0.4, -0.2) is 40.3 Å². The van der Waals surface area contributed by atoms with E-state index in [2.05, 4.69) is 20.4 Å². The maximum Gasteiger partial charge on any atom is 0.306 e. The summed E-state index contributed by atoms with van der Waals surface area (Å²) < 4.78 is 30.7. The van der Waals surface area contributed by atoms with Crippen molar-refractivity contribution in [1.82, 2.24) is 15.1 Å². The highest BCUT2D eigenvalue weighted by Crippen LogP contribution is 2.31. The van der Waals surface area contributed by atoms with Gasteiger partial charge in [-0.1, -0.05) is 29.4 Å². The maximum atomic E-state index is 14.4. The Kier molecular flexibility index (Phi) is 8.71. The zero-order valence-corrected chi connectivity index (χ0v) is 22.9. The fourth-order valence-corrected chi connectivity index (χ4v) is 4.12. The van der Waals surface area contributed by atoms with Crippen LogP contribution in [0.2, 0.25) is 0 Å². The van der Waals surface area contributed by atoms with E-state index in [4.69, 9.17) is 14.0 Å². The minimum atomic E-state index is -0.481. The van der Waals surface area contributed by atoms with Gasteiger partial charge in [0.1, 0.15) is 17.2 Å². The molecule has 0 aliphatic heterocycles. The lowest BCUT2D eigenvalue weighted by Crippen LogP contribution is -2.24. The van der Waals surface area contributed by atoms with Gasteiger partial charge in [-0.2, -0.15) is 4.98 Å². The molecule has 0 spiro atoms. The lowest BCUT2D eigenvalue weighted by Gasteiger charge is -2.19. The molecule has 0 aliphatic carbocycles. The highest BCUT2D eigenvalue weighted by molar-refractivity contribution is 5.72. The normalized spacial score (nSPS) is 11.4. The number of methoxy groups -OCH3 is 1. The number of aryl methyl sites for hydroxylation is 1. The predicted molar refractivity (Wildman–Crippen MR) is 147 cm³/mol. The van der Waals surface area contributed by atoms with Crippen LogP contribution in [0.5, 0.6) is 0 Å². The molecule has 0 fully saturated rings. The van der Waals surface area contributed by atoms with E-state index < -0.39 is 5.60 Å². The molecule has 0 saturated heterocycles. The number of pyridine rings is 1. The summed E-state index contributed by atoms with van der Waals surface area (Å²) >= 11 is 0. The Balaban J connectivity index is 1.45. The first-order valence-electron chi connectivity index (χ1n) is 12.8. The van der Waals surface area contributed by atoms with Crippen LogP contribution in [0.15, 0.2) is 59.3 Å². The van der Waals surface area contributed by atoms with Gasteiger partial charge in [0.05, 0.1) is 6.61 Å². The van der Waals surface area contributed by atoms with Crippen LogP contribution in [-0.2, 0) is 20.9 Å². The molecule has 0 radical (unpaired) electrons. The SMILES string of the molecule is COCc1cc(-c2nc(-c3cnc(NCCCC(=O)OC(C)(C)C)c(C)c3)no2)ccc1-c1ccccc1F. The number of hydrogen-bond acceptors (Lipinski definition) is 8. The summed E-state index contributed by atoms with van der Waals surface area (Å²) in [5.41, 5.74) is 3.89. The van der Waals surface area contributed by atoms with Gasteiger partial charge in [-0.3, -0.25) is 4.79 Å². The number of carbonyl (C=O) groups is 1. The molecule has 9 heteroatoms. The van der Waals surface area contributed by atoms with Gasteiger partial charge in [-0.25, -0.2) is 9.37 Å². The molecule has 0 amide bonds. The number of aromatic nitrogens is 3. The smallest absolute Gasteiger partial charge is 0.306 e. The van der Waals surface area contributed by atoms with E-state index in [9.17, 15) is 9.18 Å². The molecular formula is C30H33FN4O4. The van der Waals surface area contributed by atoms with Gasteiger partial charge in [0, 0.05) is 43.0 Å². The highest BCUT2D eigenvalue weighted by Gasteiger charge is 2.17. The highest BCUT2D eigenvalue weighted by atomic mass is 19.1. The van der Waals surface area contributed by atoms with Crippen molar-refractivity contribution in [3.8, 4) is 34.0 Å². The number of ether oxygens (including phenoxy) is 2. The second-order valence-electron chi connectivity index (χ2n) is 10.2. The van der Waals surface area contributed by atoms with Gasteiger partial charge < -0.3 is 19.3 Å². The topological polar surface area (TPSA) is 99.4 Å². The van der Waals surface area contributed by atoms with Crippen LogP contribution in [0.3, 0.4) is 0 Å². The van der Waals surface area contributed by atoms with Crippen molar-refractivity contribution in [3.05, 3.63) is 71.7 Å². The van der Waals surface area contributed by atoms with E-state index >= 15 is 0 Å². The van der Waals surface area contributed by atoms with Crippen LogP contribution in [0, 0.1) is 12.7 Å². The Hall–Kier alpha value is -4.11. The molecule has 39 heavy (non-hydrogen) atoms. The number of nitrogens with one attached hydrogen (secondary N) is 1. The van der Waals surface area contributed by atoms with E-state index in [-0.39, 0.29) is 11.8 Å². The Morgan fingerprint density at radius 2 is 1.87 bits per heavy atom. The second-order valence-corrected chi connectivity index (χ2v) is 10.2. The number of esters is 1. The van der Waals surface area contributed by atoms with Gasteiger partial charge in [-0.05, 0) is 75.1 Å². The summed E-state index contributed by atoms with van der Waals surface area (Å²) in [5, 5.41) is 7.40. The first kappa shape index (κ1) is 27.9. The molecule has 2 aromatic carbocycles. The molecule has 8 nitrogen and oxygen atoms in total. The number of carbonyl (C=O) groups excluding carboxylic acids is 1. The summed E-state index contributed by atoms with van der Waals surface area (Å²) in [6.45, 7) is 8.39. The van der Waals surface area contributed by atoms with Crippen molar-refractivity contribution in [2.75, 3.05) is 19.0 Å². The first-order valence-corrected chi connectivity index (χ1v) is 12.8. The van der Waals surface area contributed by atoms with Crippen molar-refractivity contribution in [2.24, 2.45) is 0 Å². The monoisotopic (exact) mass is 532 g/mol. The molecule has 0 bridgehead atoms. The van der Waals surface area contributed by atoms with Gasteiger partial charge in [-0.15, -0.1) is 0 Å². The van der Waals surface area contributed by atoms with Crippen LogP contribution in [0.25, 0.3) is 34.0 Å². The third-order valence-corrected chi connectivity index (χ3v) is 5.85. The molecule has 4 aromatic rings. The molecule has 0 saturated carbocycles. The fraction of sp³-hybridized carbons (Fsp3) is 0.333. The molecule has 4 rings (SSSR count). The number of halogens is 1. The first-order chi connectivity index (χ1) is 18.6. The van der Waals surface area contributed by atoms with Gasteiger partial charge in [0.2, 0.25) is 5.82 Å². The van der Waals surface area contributed by atoms with Crippen molar-refractivity contribution in [1.29, 1.82) is 0 Å². The van der Waals surface area contributed by atoms with Crippen molar-refractivity contribution in [2.45, 2.75) is 52.7 Å². The lowest BCUT2D eigenvalue weighted by atomic mass is 9.97. The van der Waals surface area contributed by atoms with Crippen molar-refractivity contribution >= 4 is 11.8 Å². The predicted octanol–water partition coefficient (Wildman–Crippen LogP) is 6.59. The van der Waals surface area contributed by atoms with Crippen LogP contribution >= 0.6 is 0 Å². The molecule has 204 valence electrons. The average Bonchev–Trinajstić information content (AvgIpc) is 3.37. The minimum Gasteiger partial charge on any atom is -0.460 e. The zero-order chi connectivity index (χ0) is 28.0. The second kappa shape index (κ2) is 12.2. The number of nitrogens with zero attached hydrogens (tertiary/aromatic N) is 3. The largest absolute Gasteiger partial charge is 0.460 e. The molecule has 0 unspecified atom stereocenters. The third kappa shape index (κ3) is 7.26. The molecule has 0 atom stereocenters. The maximum absolute atomic E-state index is 14.4. The minimum absolute atomic E-state index is 0.214. The molecule has 2 aromatic heterocycles. The van der Waals surface area contributed by atoms with E-state index in [1.165, 1.54) is 6.07 Å². The van der Waals surface area contributed by atoms with Crippen LogP contribution < -0.4 is 5.32 Å². The Morgan fingerprint density at radius 3 is 2.59 bits per heavy atom. The Labute approximate surface area is 227 Å². The number of anilines is 1. The summed E-state index contributed by atoms with van der Waals surface area (Å²) in [4.78, 5) is 20.9. The van der Waals surface area contributed by atoms with Crippen molar-refractivity contribution in [3.63, 3.8) is 0 Å². The molecule has 1 N–H and O–H groups in total. The van der Waals surface area contributed by atoms with Crippen LogP contribution in [0.4, 0.5) is 10.2 Å². The Morgan fingerprint density at radius 1 is 1.08 bits per heavy atom. The summed E-state index contributed by atoms with van der Waals surface area (Å²) in [6, 6.07) is 14.1. The Bertz CT molecular complexity index is 1450. The van der Waals surface area contributed by atoms with Gasteiger partial charge >= 0.3 is 5.97 Å². The van der Waals surface area contributed by atoms with E-state index in [1.54, 1.807) is 31.5 Å². The summed E-state index contributed by atoms with van der Waals surface area (Å²) in [7, 11) is 1.59. The number of rotatable bonds is 10. The number of hydrogen-bond donors (Lipinski definition) is 1. The lowest BCUT2D eigenvalue weighted by molar-refractivity contribution is -0.154. The molecular weight excluding hydrogens is 499 g/mol. The zero-order valence-electron chi connectivity index (χ0n) is 22.9.